The Hall–Kier alpha value is -1.34. The van der Waals surface area contributed by atoms with Gasteiger partial charge >= 0.3 is 12.1 Å². The topological polar surface area (TPSA) is 96.9 Å². The largest absolute Gasteiger partial charge is 0.469 e. The van der Waals surface area contributed by atoms with Crippen molar-refractivity contribution >= 4 is 12.1 Å². The maximum atomic E-state index is 11.6. The van der Waals surface area contributed by atoms with Gasteiger partial charge in [0.15, 0.2) is 0 Å². The van der Waals surface area contributed by atoms with E-state index < -0.39 is 17.6 Å². The number of hydrogen-bond acceptors (Lipinski definition) is 6. The summed E-state index contributed by atoms with van der Waals surface area (Å²) in [6, 6.07) is -0.378. The fraction of sp³-hybridized carbons (Fsp3) is 0.857. The first kappa shape index (κ1) is 19.7. The van der Waals surface area contributed by atoms with E-state index >= 15 is 0 Å². The molecule has 0 aromatic rings. The van der Waals surface area contributed by atoms with Crippen LogP contribution in [0.15, 0.2) is 0 Å². The third kappa shape index (κ3) is 9.25. The zero-order valence-electron chi connectivity index (χ0n) is 13.6. The van der Waals surface area contributed by atoms with Crippen LogP contribution in [0.2, 0.25) is 0 Å². The fourth-order valence-electron chi connectivity index (χ4n) is 1.81. The van der Waals surface area contributed by atoms with Gasteiger partial charge in [-0.25, -0.2) is 10.3 Å². The number of nitrogens with one attached hydrogen (secondary N) is 2. The van der Waals surface area contributed by atoms with Gasteiger partial charge in [-0.2, -0.15) is 0 Å². The number of carbonyl (C=O) groups excluding carboxylic acids is 2. The minimum Gasteiger partial charge on any atom is -0.469 e. The molecule has 0 aliphatic rings. The van der Waals surface area contributed by atoms with Crippen molar-refractivity contribution in [3.63, 3.8) is 0 Å². The highest BCUT2D eigenvalue weighted by Gasteiger charge is 2.25. The van der Waals surface area contributed by atoms with Gasteiger partial charge in [0.2, 0.25) is 0 Å². The minimum absolute atomic E-state index is 0.357. The summed E-state index contributed by atoms with van der Waals surface area (Å²) in [5.74, 6) is -0.773. The van der Waals surface area contributed by atoms with Gasteiger partial charge < -0.3 is 20.0 Å². The highest BCUT2D eigenvalue weighted by Crippen LogP contribution is 2.14. The number of hydrogen-bond donors (Lipinski definition) is 3. The van der Waals surface area contributed by atoms with E-state index in [0.29, 0.717) is 19.4 Å². The van der Waals surface area contributed by atoms with Gasteiger partial charge in [0, 0.05) is 12.6 Å². The van der Waals surface area contributed by atoms with Crippen molar-refractivity contribution < 1.29 is 24.3 Å². The minimum atomic E-state index is -0.512. The molecular weight excluding hydrogens is 276 g/mol. The van der Waals surface area contributed by atoms with E-state index in [9.17, 15) is 9.59 Å². The van der Waals surface area contributed by atoms with Crippen LogP contribution < -0.4 is 10.8 Å². The summed E-state index contributed by atoms with van der Waals surface area (Å²) in [6.07, 6.45) is 1.56. The molecule has 124 valence electrons. The number of alkyl carbamates (subject to hydrolysis) is 1. The van der Waals surface area contributed by atoms with Crippen molar-refractivity contribution in [3.05, 3.63) is 0 Å². The van der Waals surface area contributed by atoms with Crippen LogP contribution in [-0.4, -0.2) is 42.6 Å². The number of hydroxylamine groups is 1. The highest BCUT2D eigenvalue weighted by molar-refractivity contribution is 5.73. The van der Waals surface area contributed by atoms with E-state index in [1.807, 2.05) is 0 Å². The summed E-state index contributed by atoms with van der Waals surface area (Å²) in [5.41, 5.74) is 1.56. The highest BCUT2D eigenvalue weighted by atomic mass is 16.6. The predicted octanol–water partition coefficient (Wildman–Crippen LogP) is 1.84. The first-order valence-corrected chi connectivity index (χ1v) is 7.15. The monoisotopic (exact) mass is 304 g/mol. The molecule has 0 fully saturated rings. The Morgan fingerprint density at radius 3 is 2.33 bits per heavy atom. The second kappa shape index (κ2) is 9.57. The molecule has 0 aromatic carbocycles. The molecule has 0 spiro atoms. The molecule has 0 heterocycles. The molecule has 2 atom stereocenters. The van der Waals surface area contributed by atoms with Crippen molar-refractivity contribution in [1.29, 1.82) is 0 Å². The number of ether oxygens (including phenoxy) is 2. The Morgan fingerprint density at radius 1 is 1.24 bits per heavy atom. The molecule has 0 aromatic heterocycles. The molecule has 1 amide bonds. The zero-order chi connectivity index (χ0) is 16.5. The first-order chi connectivity index (χ1) is 9.71. The second-order valence-corrected chi connectivity index (χ2v) is 5.97. The van der Waals surface area contributed by atoms with Crippen LogP contribution in [0.3, 0.4) is 0 Å². The van der Waals surface area contributed by atoms with E-state index in [1.54, 1.807) is 27.7 Å². The molecule has 0 saturated carbocycles. The average molecular weight is 304 g/mol. The summed E-state index contributed by atoms with van der Waals surface area (Å²) < 4.78 is 9.82. The average Bonchev–Trinajstić information content (AvgIpc) is 2.39. The number of unbranched alkanes of at least 4 members (excludes halogenated alkanes) is 1. The summed E-state index contributed by atoms with van der Waals surface area (Å²) in [5, 5.41) is 11.6. The Morgan fingerprint density at radius 2 is 1.86 bits per heavy atom. The molecule has 3 N–H and O–H groups in total. The zero-order valence-corrected chi connectivity index (χ0v) is 13.6. The van der Waals surface area contributed by atoms with E-state index in [2.05, 4.69) is 10.8 Å². The van der Waals surface area contributed by atoms with Crippen molar-refractivity contribution in [1.82, 2.24) is 10.8 Å². The Kier molecular flexibility index (Phi) is 8.96. The number of rotatable bonds is 8. The van der Waals surface area contributed by atoms with Crippen LogP contribution in [-0.2, 0) is 14.3 Å². The fourth-order valence-corrected chi connectivity index (χ4v) is 1.81. The Bertz CT molecular complexity index is 328. The molecule has 7 nitrogen and oxygen atoms in total. The lowest BCUT2D eigenvalue weighted by atomic mass is 9.95. The molecule has 0 bridgehead atoms. The van der Waals surface area contributed by atoms with Crippen LogP contribution in [0.25, 0.3) is 0 Å². The molecule has 7 heteroatoms. The Balaban J connectivity index is 3.96. The lowest BCUT2D eigenvalue weighted by Gasteiger charge is -2.21. The van der Waals surface area contributed by atoms with Crippen molar-refractivity contribution in [2.24, 2.45) is 5.92 Å². The Labute approximate surface area is 126 Å². The first-order valence-electron chi connectivity index (χ1n) is 7.15. The van der Waals surface area contributed by atoms with Crippen LogP contribution in [0.5, 0.6) is 0 Å². The van der Waals surface area contributed by atoms with Crippen molar-refractivity contribution in [2.75, 3.05) is 13.7 Å². The van der Waals surface area contributed by atoms with Gasteiger partial charge in [-0.15, -0.1) is 0 Å². The van der Waals surface area contributed by atoms with Crippen LogP contribution in [0.1, 0.15) is 47.0 Å². The molecule has 0 radical (unpaired) electrons. The summed E-state index contributed by atoms with van der Waals surface area (Å²) in [6.45, 7) is 7.59. The third-order valence-corrected chi connectivity index (χ3v) is 2.92. The lowest BCUT2D eigenvalue weighted by Crippen LogP contribution is -2.37. The maximum absolute atomic E-state index is 11.6. The standard InChI is InChI=1S/C14H28N2O5/c1-10(16-19)11(12(17)20-5)8-6-7-9-15-13(18)21-14(2,3)4/h10-11,16,19H,6-9H2,1-5H3,(H,15,18). The number of amides is 1. The summed E-state index contributed by atoms with van der Waals surface area (Å²) in [4.78, 5) is 23.0. The predicted molar refractivity (Wildman–Crippen MR) is 78.0 cm³/mol. The van der Waals surface area contributed by atoms with Gasteiger partial charge in [-0.05, 0) is 40.5 Å². The lowest BCUT2D eigenvalue weighted by molar-refractivity contribution is -0.147. The van der Waals surface area contributed by atoms with Crippen molar-refractivity contribution in [2.45, 2.75) is 58.6 Å². The molecular formula is C14H28N2O5. The quantitative estimate of drug-likeness (QED) is 0.360. The molecule has 0 aliphatic carbocycles. The van der Waals surface area contributed by atoms with Gasteiger partial charge in [-0.1, -0.05) is 6.42 Å². The van der Waals surface area contributed by atoms with E-state index in [4.69, 9.17) is 14.7 Å². The number of esters is 1. The normalized spacial score (nSPS) is 14.2. The second-order valence-electron chi connectivity index (χ2n) is 5.97. The van der Waals surface area contributed by atoms with E-state index in [1.165, 1.54) is 7.11 Å². The molecule has 0 aliphatic heterocycles. The van der Waals surface area contributed by atoms with Crippen LogP contribution in [0.4, 0.5) is 4.79 Å². The number of methoxy groups -OCH3 is 1. The smallest absolute Gasteiger partial charge is 0.407 e. The maximum Gasteiger partial charge on any atom is 0.407 e. The van der Waals surface area contributed by atoms with E-state index in [-0.39, 0.29) is 12.0 Å². The molecule has 21 heavy (non-hydrogen) atoms. The van der Waals surface area contributed by atoms with E-state index in [0.717, 1.165) is 6.42 Å². The molecule has 2 unspecified atom stereocenters. The SMILES string of the molecule is COC(=O)C(CCCCNC(=O)OC(C)(C)C)C(C)NO. The summed E-state index contributed by atoms with van der Waals surface area (Å²) >= 11 is 0. The summed E-state index contributed by atoms with van der Waals surface area (Å²) in [7, 11) is 1.32. The van der Waals surface area contributed by atoms with Gasteiger partial charge in [0.1, 0.15) is 5.60 Å². The third-order valence-electron chi connectivity index (χ3n) is 2.92. The molecule has 0 saturated heterocycles. The number of carbonyl (C=O) groups is 2. The molecule has 0 rings (SSSR count). The van der Waals surface area contributed by atoms with Crippen molar-refractivity contribution in [3.8, 4) is 0 Å². The van der Waals surface area contributed by atoms with Crippen LogP contribution >= 0.6 is 0 Å². The van der Waals surface area contributed by atoms with Gasteiger partial charge in [0.05, 0.1) is 13.0 Å². The van der Waals surface area contributed by atoms with Gasteiger partial charge in [-0.3, -0.25) is 4.79 Å². The van der Waals surface area contributed by atoms with Gasteiger partial charge in [0.25, 0.3) is 0 Å². The van der Waals surface area contributed by atoms with Crippen LogP contribution in [0, 0.1) is 5.92 Å².